The summed E-state index contributed by atoms with van der Waals surface area (Å²) in [6, 6.07) is 16.0. The van der Waals surface area contributed by atoms with Gasteiger partial charge in [0.25, 0.3) is 5.91 Å². The van der Waals surface area contributed by atoms with Crippen molar-refractivity contribution in [3.63, 3.8) is 0 Å². The van der Waals surface area contributed by atoms with Gasteiger partial charge in [0.05, 0.1) is 37.1 Å². The largest absolute Gasteiger partial charge is 0.383 e. The van der Waals surface area contributed by atoms with Crippen LogP contribution in [-0.4, -0.2) is 66.8 Å². The first kappa shape index (κ1) is 24.8. The Labute approximate surface area is 205 Å². The molecule has 1 amide bonds. The molecule has 1 atom stereocenters. The number of hydrogen-bond acceptors (Lipinski definition) is 6. The molecule has 0 saturated carbocycles. The van der Waals surface area contributed by atoms with Crippen molar-refractivity contribution < 1.29 is 18.7 Å². The van der Waals surface area contributed by atoms with Gasteiger partial charge in [-0.3, -0.25) is 4.79 Å². The lowest BCUT2D eigenvalue weighted by molar-refractivity contribution is 0.0499. The fraction of sp³-hybridized carbons (Fsp3) is 0.370. The highest BCUT2D eigenvalue weighted by atomic mass is 19.1. The molecular weight excluding hydrogens is 447 g/mol. The SMILES string of the molecule is CCC(COC)N(Cc1ccccc1)C(=O)c1cnc(N2CCOCC2)nc1-c1ccccc1F. The van der Waals surface area contributed by atoms with Crippen molar-refractivity contribution in [2.45, 2.75) is 25.9 Å². The number of carbonyl (C=O) groups is 1. The number of benzene rings is 2. The molecule has 184 valence electrons. The minimum absolute atomic E-state index is 0.167. The Morgan fingerprint density at radius 3 is 2.54 bits per heavy atom. The van der Waals surface area contributed by atoms with Gasteiger partial charge in [-0.25, -0.2) is 14.4 Å². The number of halogens is 1. The molecule has 0 radical (unpaired) electrons. The fourth-order valence-corrected chi connectivity index (χ4v) is 4.23. The van der Waals surface area contributed by atoms with Gasteiger partial charge >= 0.3 is 0 Å². The zero-order valence-electron chi connectivity index (χ0n) is 20.2. The summed E-state index contributed by atoms with van der Waals surface area (Å²) in [5, 5.41) is 0. The highest BCUT2D eigenvalue weighted by Gasteiger charge is 2.29. The molecular formula is C27H31FN4O3. The van der Waals surface area contributed by atoms with Gasteiger partial charge in [-0.1, -0.05) is 49.4 Å². The lowest BCUT2D eigenvalue weighted by Gasteiger charge is -2.32. The maximum atomic E-state index is 14.9. The van der Waals surface area contributed by atoms with Gasteiger partial charge in [0.1, 0.15) is 5.82 Å². The lowest BCUT2D eigenvalue weighted by atomic mass is 10.0. The molecule has 1 unspecified atom stereocenters. The predicted molar refractivity (Wildman–Crippen MR) is 133 cm³/mol. The zero-order chi connectivity index (χ0) is 24.6. The first-order valence-electron chi connectivity index (χ1n) is 11.9. The van der Waals surface area contributed by atoms with Crippen molar-refractivity contribution >= 4 is 11.9 Å². The molecule has 1 aromatic heterocycles. The molecule has 1 aliphatic rings. The zero-order valence-corrected chi connectivity index (χ0v) is 20.2. The summed E-state index contributed by atoms with van der Waals surface area (Å²) >= 11 is 0. The number of rotatable bonds is 9. The summed E-state index contributed by atoms with van der Waals surface area (Å²) in [5.41, 5.74) is 1.81. The molecule has 0 spiro atoms. The Balaban J connectivity index is 1.78. The monoisotopic (exact) mass is 478 g/mol. The van der Waals surface area contributed by atoms with Crippen molar-refractivity contribution in [3.05, 3.63) is 77.7 Å². The molecule has 8 heteroatoms. The number of anilines is 1. The molecule has 3 aromatic rings. The van der Waals surface area contributed by atoms with Crippen LogP contribution in [0.4, 0.5) is 10.3 Å². The molecule has 7 nitrogen and oxygen atoms in total. The van der Waals surface area contributed by atoms with Gasteiger partial charge in [-0.05, 0) is 24.1 Å². The van der Waals surface area contributed by atoms with Crippen molar-refractivity contribution in [1.82, 2.24) is 14.9 Å². The first-order chi connectivity index (χ1) is 17.1. The minimum Gasteiger partial charge on any atom is -0.383 e. The number of carbonyl (C=O) groups excluding carboxylic acids is 1. The maximum absolute atomic E-state index is 14.9. The summed E-state index contributed by atoms with van der Waals surface area (Å²) in [7, 11) is 1.62. The molecule has 2 aromatic carbocycles. The van der Waals surface area contributed by atoms with Gasteiger partial charge in [0.15, 0.2) is 0 Å². The average Bonchev–Trinajstić information content (AvgIpc) is 2.91. The number of amides is 1. The fourth-order valence-electron chi connectivity index (χ4n) is 4.23. The number of aromatic nitrogens is 2. The van der Waals surface area contributed by atoms with E-state index >= 15 is 0 Å². The topological polar surface area (TPSA) is 67.8 Å². The van der Waals surface area contributed by atoms with Crippen LogP contribution in [0, 0.1) is 5.82 Å². The standard InChI is InChI=1S/C27H31FN4O3/c1-3-21(19-34-2)32(18-20-9-5-4-6-10-20)26(33)23-17-29-27(31-13-15-35-16-14-31)30-25(23)22-11-7-8-12-24(22)28/h4-12,17,21H,3,13-16,18-19H2,1-2H3. The third kappa shape index (κ3) is 5.83. The van der Waals surface area contributed by atoms with Gasteiger partial charge in [-0.2, -0.15) is 0 Å². The summed E-state index contributed by atoms with van der Waals surface area (Å²) in [6.45, 7) is 5.20. The Morgan fingerprint density at radius 1 is 1.14 bits per heavy atom. The Bertz CT molecular complexity index is 1120. The van der Waals surface area contributed by atoms with Crippen LogP contribution in [0.5, 0.6) is 0 Å². The normalized spacial score (nSPS) is 14.5. The van der Waals surface area contributed by atoms with E-state index in [0.29, 0.717) is 51.8 Å². The van der Waals surface area contributed by atoms with E-state index in [1.807, 2.05) is 42.2 Å². The summed E-state index contributed by atoms with van der Waals surface area (Å²) in [5.74, 6) is -0.238. The maximum Gasteiger partial charge on any atom is 0.258 e. The predicted octanol–water partition coefficient (Wildman–Crippen LogP) is 4.19. The van der Waals surface area contributed by atoms with E-state index in [0.717, 1.165) is 5.56 Å². The molecule has 1 aliphatic heterocycles. The minimum atomic E-state index is -0.438. The van der Waals surface area contributed by atoms with Crippen LogP contribution < -0.4 is 4.90 Å². The third-order valence-corrected chi connectivity index (χ3v) is 6.16. The Hall–Kier alpha value is -3.36. The van der Waals surface area contributed by atoms with E-state index in [1.54, 1.807) is 30.2 Å². The number of methoxy groups -OCH3 is 1. The van der Waals surface area contributed by atoms with Crippen molar-refractivity contribution in [3.8, 4) is 11.3 Å². The number of ether oxygens (including phenoxy) is 2. The quantitative estimate of drug-likeness (QED) is 0.460. The van der Waals surface area contributed by atoms with Crippen molar-refractivity contribution in [1.29, 1.82) is 0 Å². The van der Waals surface area contributed by atoms with E-state index in [1.165, 1.54) is 12.3 Å². The van der Waals surface area contributed by atoms with E-state index in [-0.39, 0.29) is 28.8 Å². The third-order valence-electron chi connectivity index (χ3n) is 6.16. The van der Waals surface area contributed by atoms with Crippen LogP contribution in [0.2, 0.25) is 0 Å². The molecule has 1 fully saturated rings. The van der Waals surface area contributed by atoms with Crippen LogP contribution >= 0.6 is 0 Å². The molecule has 0 aliphatic carbocycles. The van der Waals surface area contributed by atoms with Crippen LogP contribution in [0.25, 0.3) is 11.3 Å². The number of hydrogen-bond donors (Lipinski definition) is 0. The van der Waals surface area contributed by atoms with E-state index in [2.05, 4.69) is 4.98 Å². The van der Waals surface area contributed by atoms with E-state index in [4.69, 9.17) is 14.5 Å². The van der Waals surface area contributed by atoms with Gasteiger partial charge in [0, 0.05) is 38.5 Å². The summed E-state index contributed by atoms with van der Waals surface area (Å²) in [4.78, 5) is 27.0. The lowest BCUT2D eigenvalue weighted by Crippen LogP contribution is -2.42. The molecule has 0 N–H and O–H groups in total. The van der Waals surface area contributed by atoms with E-state index < -0.39 is 5.82 Å². The average molecular weight is 479 g/mol. The molecule has 4 rings (SSSR count). The summed E-state index contributed by atoms with van der Waals surface area (Å²) < 4.78 is 25.8. The second-order valence-electron chi connectivity index (χ2n) is 8.45. The summed E-state index contributed by atoms with van der Waals surface area (Å²) in [6.07, 6.45) is 2.23. The van der Waals surface area contributed by atoms with Crippen LogP contribution in [0.3, 0.4) is 0 Å². The van der Waals surface area contributed by atoms with Crippen molar-refractivity contribution in [2.24, 2.45) is 0 Å². The second kappa shape index (κ2) is 11.9. The van der Waals surface area contributed by atoms with Gasteiger partial charge in [-0.15, -0.1) is 0 Å². The second-order valence-corrected chi connectivity index (χ2v) is 8.45. The molecule has 1 saturated heterocycles. The first-order valence-corrected chi connectivity index (χ1v) is 11.9. The van der Waals surface area contributed by atoms with Crippen LogP contribution in [0.15, 0.2) is 60.8 Å². The van der Waals surface area contributed by atoms with Crippen molar-refractivity contribution in [2.75, 3.05) is 44.9 Å². The van der Waals surface area contributed by atoms with Gasteiger partial charge in [0.2, 0.25) is 5.95 Å². The highest BCUT2D eigenvalue weighted by Crippen LogP contribution is 2.28. The smallest absolute Gasteiger partial charge is 0.258 e. The Kier molecular flexibility index (Phi) is 8.39. The van der Waals surface area contributed by atoms with E-state index in [9.17, 15) is 9.18 Å². The van der Waals surface area contributed by atoms with Crippen LogP contribution in [-0.2, 0) is 16.0 Å². The molecule has 2 heterocycles. The molecule has 0 bridgehead atoms. The Morgan fingerprint density at radius 2 is 1.86 bits per heavy atom. The molecule has 35 heavy (non-hydrogen) atoms. The van der Waals surface area contributed by atoms with Gasteiger partial charge < -0.3 is 19.3 Å². The highest BCUT2D eigenvalue weighted by molar-refractivity contribution is 6.00. The van der Waals surface area contributed by atoms with Crippen LogP contribution in [0.1, 0.15) is 29.3 Å². The number of nitrogens with zero attached hydrogens (tertiary/aromatic N) is 4. The number of morpholine rings is 1.